The molecule has 0 amide bonds. The molecular formula is C20H32N2O2. The Kier molecular flexibility index (Phi) is 6.81. The van der Waals surface area contributed by atoms with Crippen molar-refractivity contribution in [2.45, 2.75) is 58.5 Å². The molecule has 0 aliphatic carbocycles. The lowest BCUT2D eigenvalue weighted by molar-refractivity contribution is -0.145. The van der Waals surface area contributed by atoms with E-state index in [1.165, 1.54) is 5.56 Å². The fourth-order valence-electron chi connectivity index (χ4n) is 3.69. The maximum atomic E-state index is 12.0. The van der Waals surface area contributed by atoms with Crippen LogP contribution in [-0.2, 0) is 4.79 Å². The topological polar surface area (TPSA) is 43.8 Å². The molecule has 4 heteroatoms. The Morgan fingerprint density at radius 2 is 1.79 bits per heavy atom. The Balaban J connectivity index is 2.17. The Morgan fingerprint density at radius 1 is 1.17 bits per heavy atom. The summed E-state index contributed by atoms with van der Waals surface area (Å²) >= 11 is 0. The first kappa shape index (κ1) is 18.9. The molecule has 0 saturated carbocycles. The normalized spacial score (nSPS) is 21.1. The van der Waals surface area contributed by atoms with Gasteiger partial charge in [0, 0.05) is 25.7 Å². The molecule has 0 spiro atoms. The van der Waals surface area contributed by atoms with E-state index < -0.39 is 12.0 Å². The maximum absolute atomic E-state index is 12.0. The molecule has 1 saturated heterocycles. The van der Waals surface area contributed by atoms with Crippen molar-refractivity contribution < 1.29 is 9.90 Å². The third-order valence-corrected chi connectivity index (χ3v) is 5.14. The predicted octanol–water partition coefficient (Wildman–Crippen LogP) is 3.74. The number of hydrogen-bond acceptors (Lipinski definition) is 3. The Morgan fingerprint density at radius 3 is 2.29 bits per heavy atom. The van der Waals surface area contributed by atoms with Crippen LogP contribution in [-0.4, -0.2) is 53.1 Å². The summed E-state index contributed by atoms with van der Waals surface area (Å²) in [5.74, 6) is -0.282. The van der Waals surface area contributed by atoms with Gasteiger partial charge < -0.3 is 5.11 Å². The number of carboxylic acid groups (broad SMARTS) is 1. The van der Waals surface area contributed by atoms with Crippen molar-refractivity contribution in [2.24, 2.45) is 0 Å². The zero-order chi connectivity index (χ0) is 17.7. The van der Waals surface area contributed by atoms with Gasteiger partial charge >= 0.3 is 5.97 Å². The van der Waals surface area contributed by atoms with Crippen LogP contribution in [0.4, 0.5) is 0 Å². The molecule has 1 aromatic carbocycles. The summed E-state index contributed by atoms with van der Waals surface area (Å²) in [4.78, 5) is 16.6. The van der Waals surface area contributed by atoms with Crippen LogP contribution in [0.5, 0.6) is 0 Å². The average Bonchev–Trinajstić information content (AvgIpc) is 2.56. The number of piperazine rings is 1. The lowest BCUT2D eigenvalue weighted by Crippen LogP contribution is -2.54. The van der Waals surface area contributed by atoms with Crippen LogP contribution in [0.15, 0.2) is 24.3 Å². The Bertz CT molecular complexity index is 527. The zero-order valence-corrected chi connectivity index (χ0v) is 15.5. The van der Waals surface area contributed by atoms with Gasteiger partial charge in [0.15, 0.2) is 0 Å². The summed E-state index contributed by atoms with van der Waals surface area (Å²) in [6, 6.07) is 8.04. The van der Waals surface area contributed by atoms with Crippen LogP contribution < -0.4 is 0 Å². The highest BCUT2D eigenvalue weighted by atomic mass is 16.4. The molecule has 1 N–H and O–H groups in total. The maximum Gasteiger partial charge on any atom is 0.325 e. The predicted molar refractivity (Wildman–Crippen MR) is 98.4 cm³/mol. The van der Waals surface area contributed by atoms with Crippen molar-refractivity contribution in [3.05, 3.63) is 35.4 Å². The molecule has 1 aromatic rings. The third kappa shape index (κ3) is 4.37. The summed E-state index contributed by atoms with van der Waals surface area (Å²) in [6.07, 6.45) is 2.21. The molecule has 134 valence electrons. The van der Waals surface area contributed by atoms with Gasteiger partial charge in [0.05, 0.1) is 0 Å². The second-order valence-corrected chi connectivity index (χ2v) is 7.16. The largest absolute Gasteiger partial charge is 0.480 e. The first-order valence-corrected chi connectivity index (χ1v) is 9.28. The van der Waals surface area contributed by atoms with Crippen molar-refractivity contribution in [3.63, 3.8) is 0 Å². The molecule has 1 heterocycles. The molecule has 2 rings (SSSR count). The van der Waals surface area contributed by atoms with Crippen molar-refractivity contribution in [1.82, 2.24) is 9.80 Å². The minimum absolute atomic E-state index is 0.454. The van der Waals surface area contributed by atoms with Gasteiger partial charge in [-0.2, -0.15) is 0 Å². The molecule has 0 bridgehead atoms. The molecule has 0 radical (unpaired) electrons. The standard InChI is InChI=1S/C20H32N2O2/c1-5-11-21-12-13-22(14-18(21)6-2)19(20(23)24)17-9-7-16(8-10-17)15(3)4/h7-10,15,18-19H,5-6,11-14H2,1-4H3,(H,23,24). The Hall–Kier alpha value is -1.39. The number of rotatable bonds is 7. The monoisotopic (exact) mass is 332 g/mol. The quantitative estimate of drug-likeness (QED) is 0.826. The highest BCUT2D eigenvalue weighted by Gasteiger charge is 2.33. The number of benzene rings is 1. The minimum atomic E-state index is -0.744. The van der Waals surface area contributed by atoms with Crippen LogP contribution in [0.25, 0.3) is 0 Å². The molecule has 1 fully saturated rings. The highest BCUT2D eigenvalue weighted by molar-refractivity contribution is 5.75. The van der Waals surface area contributed by atoms with Gasteiger partial charge in [0.25, 0.3) is 0 Å². The van der Waals surface area contributed by atoms with Gasteiger partial charge in [0.1, 0.15) is 6.04 Å². The lowest BCUT2D eigenvalue weighted by atomic mass is 9.97. The van der Waals surface area contributed by atoms with Crippen LogP contribution in [0.2, 0.25) is 0 Å². The average molecular weight is 332 g/mol. The van der Waals surface area contributed by atoms with Gasteiger partial charge in [-0.1, -0.05) is 52.0 Å². The van der Waals surface area contributed by atoms with E-state index in [4.69, 9.17) is 0 Å². The van der Waals surface area contributed by atoms with Crippen LogP contribution in [0.1, 0.15) is 63.6 Å². The Labute approximate surface area is 146 Å². The molecular weight excluding hydrogens is 300 g/mol. The van der Waals surface area contributed by atoms with E-state index in [0.717, 1.165) is 44.6 Å². The van der Waals surface area contributed by atoms with E-state index in [9.17, 15) is 9.90 Å². The van der Waals surface area contributed by atoms with E-state index in [0.29, 0.717) is 12.0 Å². The zero-order valence-electron chi connectivity index (χ0n) is 15.5. The fraction of sp³-hybridized carbons (Fsp3) is 0.650. The smallest absolute Gasteiger partial charge is 0.325 e. The van der Waals surface area contributed by atoms with E-state index in [-0.39, 0.29) is 0 Å². The van der Waals surface area contributed by atoms with Gasteiger partial charge in [-0.25, -0.2) is 0 Å². The van der Waals surface area contributed by atoms with Crippen molar-refractivity contribution in [2.75, 3.05) is 26.2 Å². The number of nitrogens with zero attached hydrogens (tertiary/aromatic N) is 2. The van der Waals surface area contributed by atoms with E-state index in [1.807, 2.05) is 12.1 Å². The summed E-state index contributed by atoms with van der Waals surface area (Å²) in [5.41, 5.74) is 2.15. The van der Waals surface area contributed by atoms with Crippen molar-refractivity contribution >= 4 is 5.97 Å². The highest BCUT2D eigenvalue weighted by Crippen LogP contribution is 2.27. The molecule has 2 unspecified atom stereocenters. The first-order valence-electron chi connectivity index (χ1n) is 9.28. The summed E-state index contributed by atoms with van der Waals surface area (Å²) in [7, 11) is 0. The summed E-state index contributed by atoms with van der Waals surface area (Å²) in [6.45, 7) is 12.4. The summed E-state index contributed by atoms with van der Waals surface area (Å²) < 4.78 is 0. The van der Waals surface area contributed by atoms with Crippen molar-refractivity contribution in [1.29, 1.82) is 0 Å². The molecule has 1 aliphatic rings. The number of carboxylic acids is 1. The summed E-state index contributed by atoms with van der Waals surface area (Å²) in [5, 5.41) is 9.83. The number of carbonyl (C=O) groups is 1. The SMILES string of the molecule is CCCN1CCN(C(C(=O)O)c2ccc(C(C)C)cc2)CC1CC. The fourth-order valence-corrected chi connectivity index (χ4v) is 3.69. The second-order valence-electron chi connectivity index (χ2n) is 7.16. The molecule has 2 atom stereocenters. The van der Waals surface area contributed by atoms with Gasteiger partial charge in [-0.3, -0.25) is 14.6 Å². The van der Waals surface area contributed by atoms with Gasteiger partial charge in [0.2, 0.25) is 0 Å². The van der Waals surface area contributed by atoms with Crippen LogP contribution >= 0.6 is 0 Å². The van der Waals surface area contributed by atoms with Crippen LogP contribution in [0, 0.1) is 0 Å². The molecule has 24 heavy (non-hydrogen) atoms. The van der Waals surface area contributed by atoms with E-state index >= 15 is 0 Å². The minimum Gasteiger partial charge on any atom is -0.480 e. The number of hydrogen-bond donors (Lipinski definition) is 1. The molecule has 4 nitrogen and oxygen atoms in total. The van der Waals surface area contributed by atoms with Crippen molar-refractivity contribution in [3.8, 4) is 0 Å². The third-order valence-electron chi connectivity index (χ3n) is 5.14. The van der Waals surface area contributed by atoms with Gasteiger partial charge in [-0.15, -0.1) is 0 Å². The number of aliphatic carboxylic acids is 1. The van der Waals surface area contributed by atoms with E-state index in [1.54, 1.807) is 0 Å². The first-order chi connectivity index (χ1) is 11.5. The van der Waals surface area contributed by atoms with Crippen LogP contribution in [0.3, 0.4) is 0 Å². The molecule has 0 aromatic heterocycles. The van der Waals surface area contributed by atoms with Gasteiger partial charge in [-0.05, 0) is 36.4 Å². The molecule has 1 aliphatic heterocycles. The van der Waals surface area contributed by atoms with E-state index in [2.05, 4.69) is 49.6 Å². The second kappa shape index (κ2) is 8.63. The lowest BCUT2D eigenvalue weighted by Gasteiger charge is -2.43.